The van der Waals surface area contributed by atoms with Crippen molar-refractivity contribution < 1.29 is 9.72 Å². The minimum atomic E-state index is -0.544. The van der Waals surface area contributed by atoms with Crippen LogP contribution in [-0.2, 0) is 6.54 Å². The molecular formula is C14H10BrClN2O3. The fourth-order valence-corrected chi connectivity index (χ4v) is 2.33. The van der Waals surface area contributed by atoms with Crippen molar-refractivity contribution in [3.63, 3.8) is 0 Å². The summed E-state index contributed by atoms with van der Waals surface area (Å²) in [6, 6.07) is 11.3. The molecule has 108 valence electrons. The van der Waals surface area contributed by atoms with Crippen molar-refractivity contribution in [3.8, 4) is 0 Å². The summed E-state index contributed by atoms with van der Waals surface area (Å²) < 4.78 is 0.332. The normalized spacial score (nSPS) is 10.2. The molecule has 0 atom stereocenters. The number of nitrogens with one attached hydrogen (secondary N) is 1. The van der Waals surface area contributed by atoms with Gasteiger partial charge in [-0.05, 0) is 45.8 Å². The second-order valence-electron chi connectivity index (χ2n) is 4.24. The smallest absolute Gasteiger partial charge is 0.284 e. The number of hydrogen-bond acceptors (Lipinski definition) is 3. The molecule has 2 aromatic rings. The molecule has 2 rings (SSSR count). The summed E-state index contributed by atoms with van der Waals surface area (Å²) in [6.45, 7) is 0.295. The van der Waals surface area contributed by atoms with Gasteiger partial charge in [-0.3, -0.25) is 14.9 Å². The van der Waals surface area contributed by atoms with Crippen molar-refractivity contribution in [3.05, 3.63) is 73.2 Å². The number of nitro benzene ring substituents is 1. The number of amides is 1. The lowest BCUT2D eigenvalue weighted by molar-refractivity contribution is -0.385. The van der Waals surface area contributed by atoms with Gasteiger partial charge in [0.2, 0.25) is 0 Å². The highest BCUT2D eigenvalue weighted by atomic mass is 79.9. The van der Waals surface area contributed by atoms with Gasteiger partial charge < -0.3 is 5.32 Å². The summed E-state index contributed by atoms with van der Waals surface area (Å²) in [5.74, 6) is -0.384. The van der Waals surface area contributed by atoms with E-state index in [1.54, 1.807) is 18.2 Å². The van der Waals surface area contributed by atoms with Crippen LogP contribution in [0.4, 0.5) is 5.69 Å². The third-order valence-corrected chi connectivity index (χ3v) is 3.65. The monoisotopic (exact) mass is 368 g/mol. The van der Waals surface area contributed by atoms with Crippen LogP contribution in [-0.4, -0.2) is 10.8 Å². The number of halogens is 2. The average molecular weight is 370 g/mol. The highest BCUT2D eigenvalue weighted by Crippen LogP contribution is 2.25. The van der Waals surface area contributed by atoms with Crippen LogP contribution in [0.5, 0.6) is 0 Å². The molecule has 0 aliphatic heterocycles. The first kappa shape index (κ1) is 15.5. The Balaban J connectivity index is 2.10. The molecule has 0 radical (unpaired) electrons. The zero-order valence-corrected chi connectivity index (χ0v) is 13.0. The highest BCUT2D eigenvalue weighted by Gasteiger charge is 2.15. The molecule has 7 heteroatoms. The molecule has 0 saturated heterocycles. The van der Waals surface area contributed by atoms with Crippen LogP contribution < -0.4 is 5.32 Å². The summed E-state index contributed by atoms with van der Waals surface area (Å²) in [6.07, 6.45) is 0. The molecule has 5 nitrogen and oxygen atoms in total. The van der Waals surface area contributed by atoms with Crippen LogP contribution >= 0.6 is 27.5 Å². The third-order valence-electron chi connectivity index (χ3n) is 2.75. The Labute approximate surface area is 134 Å². The molecule has 0 saturated carbocycles. The van der Waals surface area contributed by atoms with Crippen molar-refractivity contribution >= 4 is 39.1 Å². The Kier molecular flexibility index (Phi) is 4.93. The Morgan fingerprint density at radius 1 is 1.29 bits per heavy atom. The number of nitrogens with zero attached hydrogens (tertiary/aromatic N) is 1. The van der Waals surface area contributed by atoms with E-state index in [1.165, 1.54) is 18.2 Å². The van der Waals surface area contributed by atoms with Crippen molar-refractivity contribution in [2.24, 2.45) is 0 Å². The van der Waals surface area contributed by atoms with E-state index in [0.717, 1.165) is 5.56 Å². The van der Waals surface area contributed by atoms with Crippen LogP contribution in [0.2, 0.25) is 5.02 Å². The summed E-state index contributed by atoms with van der Waals surface area (Å²) in [7, 11) is 0. The lowest BCUT2D eigenvalue weighted by Crippen LogP contribution is -2.22. The molecule has 21 heavy (non-hydrogen) atoms. The van der Waals surface area contributed by atoms with Crippen LogP contribution in [0.3, 0.4) is 0 Å². The molecule has 0 aliphatic carbocycles. The predicted molar refractivity (Wildman–Crippen MR) is 83.4 cm³/mol. The molecular weight excluding hydrogens is 360 g/mol. The minimum Gasteiger partial charge on any atom is -0.348 e. The van der Waals surface area contributed by atoms with E-state index < -0.39 is 4.92 Å². The van der Waals surface area contributed by atoms with Gasteiger partial charge in [0.1, 0.15) is 0 Å². The van der Waals surface area contributed by atoms with E-state index in [1.807, 2.05) is 6.07 Å². The van der Waals surface area contributed by atoms with Gasteiger partial charge in [-0.25, -0.2) is 0 Å². The largest absolute Gasteiger partial charge is 0.348 e. The zero-order valence-electron chi connectivity index (χ0n) is 10.7. The van der Waals surface area contributed by atoms with E-state index >= 15 is 0 Å². The van der Waals surface area contributed by atoms with Crippen molar-refractivity contribution in [2.75, 3.05) is 0 Å². The quantitative estimate of drug-likeness (QED) is 0.655. The Hall–Kier alpha value is -1.92. The van der Waals surface area contributed by atoms with E-state index in [9.17, 15) is 14.9 Å². The van der Waals surface area contributed by atoms with Gasteiger partial charge in [0, 0.05) is 23.2 Å². The number of hydrogen-bond donors (Lipinski definition) is 1. The predicted octanol–water partition coefficient (Wildman–Crippen LogP) is 3.94. The number of carbonyl (C=O) groups is 1. The van der Waals surface area contributed by atoms with Crippen molar-refractivity contribution in [2.45, 2.75) is 6.54 Å². The molecule has 0 unspecified atom stereocenters. The third kappa shape index (κ3) is 4.03. The van der Waals surface area contributed by atoms with Gasteiger partial charge in [0.05, 0.1) is 9.40 Å². The SMILES string of the molecule is O=C(NCc1cccc(Cl)c1)c1ccc(Br)c([N+](=O)[O-])c1. The van der Waals surface area contributed by atoms with Crippen LogP contribution in [0, 0.1) is 10.1 Å². The minimum absolute atomic E-state index is 0.148. The second-order valence-corrected chi connectivity index (χ2v) is 5.53. The number of benzene rings is 2. The standard InChI is InChI=1S/C14H10BrClN2O3/c15-12-5-4-10(7-13(12)18(20)21)14(19)17-8-9-2-1-3-11(16)6-9/h1-7H,8H2,(H,17,19). The van der Waals surface area contributed by atoms with Crippen molar-refractivity contribution in [1.29, 1.82) is 0 Å². The maximum absolute atomic E-state index is 12.0. The first-order chi connectivity index (χ1) is 9.97. The van der Waals surface area contributed by atoms with Gasteiger partial charge in [-0.2, -0.15) is 0 Å². The summed E-state index contributed by atoms with van der Waals surface area (Å²) >= 11 is 8.93. The Morgan fingerprint density at radius 2 is 2.05 bits per heavy atom. The molecule has 0 spiro atoms. The number of nitro groups is 1. The topological polar surface area (TPSA) is 72.2 Å². The summed E-state index contributed by atoms with van der Waals surface area (Å²) in [5, 5.41) is 14.1. The lowest BCUT2D eigenvalue weighted by Gasteiger charge is -2.06. The van der Waals surface area contributed by atoms with E-state index in [2.05, 4.69) is 21.2 Å². The molecule has 1 amide bonds. The molecule has 1 N–H and O–H groups in total. The van der Waals surface area contributed by atoms with E-state index in [4.69, 9.17) is 11.6 Å². The molecule has 0 fully saturated rings. The molecule has 0 bridgehead atoms. The fraction of sp³-hybridized carbons (Fsp3) is 0.0714. The first-order valence-electron chi connectivity index (χ1n) is 5.94. The zero-order chi connectivity index (χ0) is 15.4. The van der Waals surface area contributed by atoms with E-state index in [-0.39, 0.29) is 17.2 Å². The van der Waals surface area contributed by atoms with Gasteiger partial charge >= 0.3 is 0 Å². The number of carbonyl (C=O) groups excluding carboxylic acids is 1. The van der Waals surface area contributed by atoms with E-state index in [0.29, 0.717) is 16.0 Å². The van der Waals surface area contributed by atoms with Crippen molar-refractivity contribution in [1.82, 2.24) is 5.32 Å². The summed E-state index contributed by atoms with van der Waals surface area (Å²) in [4.78, 5) is 22.3. The van der Waals surface area contributed by atoms with Crippen LogP contribution in [0.15, 0.2) is 46.9 Å². The number of rotatable bonds is 4. The Bertz CT molecular complexity index is 706. The molecule has 0 aromatic heterocycles. The van der Waals surface area contributed by atoms with Crippen LogP contribution in [0.25, 0.3) is 0 Å². The highest BCUT2D eigenvalue weighted by molar-refractivity contribution is 9.10. The van der Waals surface area contributed by atoms with Gasteiger partial charge in [-0.1, -0.05) is 23.7 Å². The van der Waals surface area contributed by atoms with Crippen LogP contribution in [0.1, 0.15) is 15.9 Å². The first-order valence-corrected chi connectivity index (χ1v) is 7.11. The maximum Gasteiger partial charge on any atom is 0.284 e. The van der Waals surface area contributed by atoms with Gasteiger partial charge in [0.25, 0.3) is 11.6 Å². The Morgan fingerprint density at radius 3 is 2.71 bits per heavy atom. The molecule has 0 aliphatic rings. The lowest BCUT2D eigenvalue weighted by atomic mass is 10.1. The summed E-state index contributed by atoms with van der Waals surface area (Å²) in [5.41, 5.74) is 0.930. The van der Waals surface area contributed by atoms with Gasteiger partial charge in [-0.15, -0.1) is 0 Å². The molecule has 2 aromatic carbocycles. The molecule has 0 heterocycles. The average Bonchev–Trinajstić information content (AvgIpc) is 2.45. The van der Waals surface area contributed by atoms with Gasteiger partial charge in [0.15, 0.2) is 0 Å². The second kappa shape index (κ2) is 6.69. The maximum atomic E-state index is 12.0. The fourth-order valence-electron chi connectivity index (χ4n) is 1.73.